The van der Waals surface area contributed by atoms with Gasteiger partial charge in [-0.25, -0.2) is 4.79 Å². The third-order valence-electron chi connectivity index (χ3n) is 5.09. The van der Waals surface area contributed by atoms with Crippen LogP contribution in [0.5, 0.6) is 0 Å². The molecular formula is C26H43N3O4. The summed E-state index contributed by atoms with van der Waals surface area (Å²) in [5, 5.41) is 5.56. The lowest BCUT2D eigenvalue weighted by molar-refractivity contribution is -0.146. The molecule has 2 N–H and O–H groups in total. The summed E-state index contributed by atoms with van der Waals surface area (Å²) in [5.41, 5.74) is 1.37. The van der Waals surface area contributed by atoms with E-state index in [0.717, 1.165) is 36.0 Å². The quantitative estimate of drug-likeness (QED) is 0.517. The van der Waals surface area contributed by atoms with E-state index in [2.05, 4.69) is 17.6 Å². The average molecular weight is 462 g/mol. The summed E-state index contributed by atoms with van der Waals surface area (Å²) in [6.45, 7) is 17.2. The Bertz CT molecular complexity index is 822. The van der Waals surface area contributed by atoms with Gasteiger partial charge in [-0.2, -0.15) is 0 Å². The van der Waals surface area contributed by atoms with Crippen molar-refractivity contribution in [3.8, 4) is 0 Å². The molecule has 3 amide bonds. The maximum Gasteiger partial charge on any atom is 0.408 e. The molecule has 1 rings (SSSR count). The molecule has 0 aliphatic heterocycles. The number of aryl methyl sites for hydroxylation is 2. The number of rotatable bonds is 9. The van der Waals surface area contributed by atoms with Gasteiger partial charge in [0.2, 0.25) is 11.8 Å². The van der Waals surface area contributed by atoms with Gasteiger partial charge >= 0.3 is 6.09 Å². The molecule has 1 atom stereocenters. The molecule has 0 saturated heterocycles. The lowest BCUT2D eigenvalue weighted by Gasteiger charge is -2.42. The van der Waals surface area contributed by atoms with Gasteiger partial charge in [-0.15, -0.1) is 0 Å². The molecule has 0 aromatic heterocycles. The van der Waals surface area contributed by atoms with E-state index in [1.165, 1.54) is 0 Å². The Labute approximate surface area is 199 Å². The van der Waals surface area contributed by atoms with Crippen LogP contribution in [0.2, 0.25) is 0 Å². The second-order valence-corrected chi connectivity index (χ2v) is 10.6. The van der Waals surface area contributed by atoms with E-state index >= 15 is 0 Å². The van der Waals surface area contributed by atoms with Gasteiger partial charge in [0.15, 0.2) is 0 Å². The first-order chi connectivity index (χ1) is 15.2. The van der Waals surface area contributed by atoms with Crippen LogP contribution in [0.1, 0.15) is 90.5 Å². The van der Waals surface area contributed by atoms with E-state index in [-0.39, 0.29) is 18.4 Å². The first kappa shape index (κ1) is 28.5. The number of amides is 3. The number of ether oxygens (including phenoxy) is 1. The zero-order chi connectivity index (χ0) is 25.4. The monoisotopic (exact) mass is 461 g/mol. The minimum Gasteiger partial charge on any atom is -0.444 e. The van der Waals surface area contributed by atoms with Gasteiger partial charge < -0.3 is 20.3 Å². The molecule has 0 aliphatic carbocycles. The number of carbonyl (C=O) groups is 3. The molecule has 1 unspecified atom stereocenters. The highest BCUT2D eigenvalue weighted by Gasteiger charge is 2.39. The summed E-state index contributed by atoms with van der Waals surface area (Å²) in [6, 6.07) is 5.09. The summed E-state index contributed by atoms with van der Waals surface area (Å²) in [7, 11) is 0. The van der Waals surface area contributed by atoms with Crippen molar-refractivity contribution in [3.63, 3.8) is 0 Å². The number of benzene rings is 1. The van der Waals surface area contributed by atoms with Crippen molar-refractivity contribution in [1.82, 2.24) is 15.5 Å². The number of carbonyl (C=O) groups excluding carboxylic acids is 3. The Morgan fingerprint density at radius 2 is 1.64 bits per heavy atom. The summed E-state index contributed by atoms with van der Waals surface area (Å²) < 4.78 is 5.26. The minimum atomic E-state index is -0.820. The maximum atomic E-state index is 13.5. The van der Waals surface area contributed by atoms with Crippen LogP contribution in [0.4, 0.5) is 4.79 Å². The standard InChI is InChI=1S/C26H43N3O4/c1-10-11-12-15-27-23(31)22(20-16-18(2)13-14-19(20)3)29(25(4,5)6)21(30)17-28-24(32)33-26(7,8)9/h13-14,16,22H,10-12,15,17H2,1-9H3,(H,27,31)(H,28,32). The molecule has 0 spiro atoms. The van der Waals surface area contributed by atoms with Crippen LogP contribution in [0.25, 0.3) is 0 Å². The van der Waals surface area contributed by atoms with E-state index in [9.17, 15) is 14.4 Å². The SMILES string of the molecule is CCCCCNC(=O)C(c1cc(C)ccc1C)N(C(=O)CNC(=O)OC(C)(C)C)C(C)(C)C. The fourth-order valence-corrected chi connectivity index (χ4v) is 3.59. The van der Waals surface area contributed by atoms with E-state index in [4.69, 9.17) is 4.74 Å². The van der Waals surface area contributed by atoms with Crippen LogP contribution in [0, 0.1) is 13.8 Å². The van der Waals surface area contributed by atoms with Gasteiger partial charge in [-0.3, -0.25) is 9.59 Å². The lowest BCUT2D eigenvalue weighted by atomic mass is 9.92. The van der Waals surface area contributed by atoms with Gasteiger partial charge in [0, 0.05) is 12.1 Å². The summed E-state index contributed by atoms with van der Waals surface area (Å²) in [6.07, 6.45) is 2.29. The Morgan fingerprint density at radius 1 is 1.00 bits per heavy atom. The number of unbranched alkanes of at least 4 members (excludes halogenated alkanes) is 2. The normalized spacial score (nSPS) is 12.6. The fraction of sp³-hybridized carbons (Fsp3) is 0.654. The summed E-state index contributed by atoms with van der Waals surface area (Å²) in [4.78, 5) is 40.6. The molecule has 186 valence electrons. The van der Waals surface area contributed by atoms with E-state index < -0.39 is 23.3 Å². The predicted octanol–water partition coefficient (Wildman–Crippen LogP) is 4.80. The van der Waals surface area contributed by atoms with Crippen molar-refractivity contribution in [1.29, 1.82) is 0 Å². The van der Waals surface area contributed by atoms with Crippen LogP contribution in [-0.2, 0) is 14.3 Å². The van der Waals surface area contributed by atoms with Gasteiger partial charge in [0.25, 0.3) is 0 Å². The number of nitrogens with one attached hydrogen (secondary N) is 2. The van der Waals surface area contributed by atoms with Crippen LogP contribution >= 0.6 is 0 Å². The highest BCUT2D eigenvalue weighted by molar-refractivity contribution is 5.91. The maximum absolute atomic E-state index is 13.5. The smallest absolute Gasteiger partial charge is 0.408 e. The van der Waals surface area contributed by atoms with Gasteiger partial charge in [0.1, 0.15) is 18.2 Å². The molecule has 1 aromatic carbocycles. The average Bonchev–Trinajstić information content (AvgIpc) is 2.67. The Balaban J connectivity index is 3.29. The van der Waals surface area contributed by atoms with Crippen molar-refractivity contribution in [2.24, 2.45) is 0 Å². The van der Waals surface area contributed by atoms with E-state index in [0.29, 0.717) is 6.54 Å². The summed E-state index contributed by atoms with van der Waals surface area (Å²) in [5.74, 6) is -0.580. The second-order valence-electron chi connectivity index (χ2n) is 10.6. The third kappa shape index (κ3) is 9.44. The molecule has 0 fully saturated rings. The molecule has 0 bridgehead atoms. The van der Waals surface area contributed by atoms with Gasteiger partial charge in [-0.05, 0) is 72.9 Å². The van der Waals surface area contributed by atoms with Crippen molar-refractivity contribution in [3.05, 3.63) is 34.9 Å². The highest BCUT2D eigenvalue weighted by atomic mass is 16.6. The predicted molar refractivity (Wildman–Crippen MR) is 132 cm³/mol. The van der Waals surface area contributed by atoms with E-state index in [1.54, 1.807) is 25.7 Å². The zero-order valence-electron chi connectivity index (χ0n) is 21.9. The molecular weight excluding hydrogens is 418 g/mol. The van der Waals surface area contributed by atoms with Crippen molar-refractivity contribution >= 4 is 17.9 Å². The summed E-state index contributed by atoms with van der Waals surface area (Å²) >= 11 is 0. The van der Waals surface area contributed by atoms with Crippen LogP contribution < -0.4 is 10.6 Å². The zero-order valence-corrected chi connectivity index (χ0v) is 21.9. The fourth-order valence-electron chi connectivity index (χ4n) is 3.59. The second kappa shape index (κ2) is 12.1. The van der Waals surface area contributed by atoms with Crippen LogP contribution in [-0.4, -0.2) is 47.0 Å². The van der Waals surface area contributed by atoms with Crippen molar-refractivity contribution < 1.29 is 19.1 Å². The van der Waals surface area contributed by atoms with Gasteiger partial charge in [-0.1, -0.05) is 43.5 Å². The third-order valence-corrected chi connectivity index (χ3v) is 5.09. The largest absolute Gasteiger partial charge is 0.444 e. The first-order valence-electron chi connectivity index (χ1n) is 11.8. The Kier molecular flexibility index (Phi) is 10.4. The lowest BCUT2D eigenvalue weighted by Crippen LogP contribution is -2.55. The first-order valence-corrected chi connectivity index (χ1v) is 11.8. The number of hydrogen-bond donors (Lipinski definition) is 2. The molecule has 1 aromatic rings. The van der Waals surface area contributed by atoms with E-state index in [1.807, 2.05) is 52.8 Å². The highest BCUT2D eigenvalue weighted by Crippen LogP contribution is 2.31. The molecule has 0 heterocycles. The minimum absolute atomic E-state index is 0.222. The number of hydrogen-bond acceptors (Lipinski definition) is 4. The molecule has 0 radical (unpaired) electrons. The van der Waals surface area contributed by atoms with Crippen molar-refractivity contribution in [2.75, 3.05) is 13.1 Å². The molecule has 7 nitrogen and oxygen atoms in total. The van der Waals surface area contributed by atoms with Crippen molar-refractivity contribution in [2.45, 2.75) is 98.8 Å². The van der Waals surface area contributed by atoms with Crippen LogP contribution in [0.15, 0.2) is 18.2 Å². The molecule has 0 saturated carbocycles. The molecule has 33 heavy (non-hydrogen) atoms. The number of nitrogens with zero attached hydrogens (tertiary/aromatic N) is 1. The Morgan fingerprint density at radius 3 is 2.18 bits per heavy atom. The molecule has 7 heteroatoms. The molecule has 0 aliphatic rings. The number of alkyl carbamates (subject to hydrolysis) is 1. The topological polar surface area (TPSA) is 87.7 Å². The van der Waals surface area contributed by atoms with Gasteiger partial charge in [0.05, 0.1) is 0 Å². The van der Waals surface area contributed by atoms with Crippen LogP contribution in [0.3, 0.4) is 0 Å². The Hall–Kier alpha value is -2.57.